The van der Waals surface area contributed by atoms with Gasteiger partial charge in [-0.25, -0.2) is 10.4 Å². The minimum absolute atomic E-state index is 0.0464. The van der Waals surface area contributed by atoms with Crippen LogP contribution in [0.4, 0.5) is 0 Å². The van der Waals surface area contributed by atoms with E-state index < -0.39 is 12.5 Å². The fourth-order valence-corrected chi connectivity index (χ4v) is 3.06. The number of ether oxygens (including phenoxy) is 2. The molecule has 146 valence electrons. The Bertz CT molecular complexity index is 960. The van der Waals surface area contributed by atoms with Crippen molar-refractivity contribution in [3.05, 3.63) is 50.1 Å². The van der Waals surface area contributed by atoms with Gasteiger partial charge in [0.15, 0.2) is 6.61 Å². The summed E-state index contributed by atoms with van der Waals surface area (Å²) < 4.78 is 11.1. The number of hydrazone groups is 1. The fraction of sp³-hybridized carbons (Fsp3) is 0.222. The molecule has 0 radical (unpaired) electrons. The molecule has 8 nitrogen and oxygen atoms in total. The number of benzene rings is 1. The van der Waals surface area contributed by atoms with Crippen LogP contribution in [0.5, 0.6) is 11.6 Å². The maximum Gasteiger partial charge on any atom is 0.278 e. The lowest BCUT2D eigenvalue weighted by atomic mass is 10.1. The number of aromatic nitrogens is 1. The molecule has 0 fully saturated rings. The standard InChI is InChI=1S/C18H16BrClN4O4/c1-10-3-12(8-27-2)14(6-21)18(23-10)28-9-16(25)24-22-7-11-4-13(19)5-15(20)17(11)26/h3-5,7,26H,8-9H2,1-2H3,(H,24,25)/b22-7-. The monoisotopic (exact) mass is 466 g/mol. The van der Waals surface area contributed by atoms with E-state index in [1.807, 2.05) is 6.07 Å². The molecule has 28 heavy (non-hydrogen) atoms. The van der Waals surface area contributed by atoms with E-state index in [2.05, 4.69) is 31.4 Å². The van der Waals surface area contributed by atoms with E-state index in [1.54, 1.807) is 19.1 Å². The van der Waals surface area contributed by atoms with Gasteiger partial charge in [-0.15, -0.1) is 0 Å². The quantitative estimate of drug-likeness (QED) is 0.477. The molecule has 2 N–H and O–H groups in total. The maximum atomic E-state index is 11.9. The van der Waals surface area contributed by atoms with Crippen molar-refractivity contribution < 1.29 is 19.4 Å². The number of aromatic hydroxyl groups is 1. The number of phenolic OH excluding ortho intramolecular Hbond substituents is 1. The van der Waals surface area contributed by atoms with Gasteiger partial charge in [-0.2, -0.15) is 10.4 Å². The molecule has 1 aromatic heterocycles. The summed E-state index contributed by atoms with van der Waals surface area (Å²) in [6, 6.07) is 6.84. The number of rotatable bonds is 7. The lowest BCUT2D eigenvalue weighted by molar-refractivity contribution is -0.123. The largest absolute Gasteiger partial charge is 0.506 e. The Morgan fingerprint density at radius 2 is 2.25 bits per heavy atom. The molecule has 1 amide bonds. The number of methoxy groups -OCH3 is 1. The number of hydrogen-bond acceptors (Lipinski definition) is 7. The van der Waals surface area contributed by atoms with Gasteiger partial charge in [0, 0.05) is 28.4 Å². The van der Waals surface area contributed by atoms with Crippen molar-refractivity contribution in [3.63, 3.8) is 0 Å². The van der Waals surface area contributed by atoms with Crippen LogP contribution in [0.3, 0.4) is 0 Å². The minimum atomic E-state index is -0.572. The summed E-state index contributed by atoms with van der Waals surface area (Å²) in [5.41, 5.74) is 4.03. The fourth-order valence-electron chi connectivity index (χ4n) is 2.23. The van der Waals surface area contributed by atoms with Crippen molar-refractivity contribution in [2.24, 2.45) is 5.10 Å². The van der Waals surface area contributed by atoms with Crippen LogP contribution >= 0.6 is 27.5 Å². The molecule has 0 unspecified atom stereocenters. The van der Waals surface area contributed by atoms with Gasteiger partial charge < -0.3 is 14.6 Å². The number of phenols is 1. The first-order valence-electron chi connectivity index (χ1n) is 7.88. The predicted molar refractivity (Wildman–Crippen MR) is 106 cm³/mol. The number of nitrogens with zero attached hydrogens (tertiary/aromatic N) is 3. The Morgan fingerprint density at radius 3 is 2.93 bits per heavy atom. The Hall–Kier alpha value is -2.67. The Morgan fingerprint density at radius 1 is 1.50 bits per heavy atom. The number of carbonyl (C=O) groups excluding carboxylic acids is 1. The SMILES string of the molecule is COCc1cc(C)nc(OCC(=O)N/N=C\c2cc(Br)cc(Cl)c2O)c1C#N. The summed E-state index contributed by atoms with van der Waals surface area (Å²) in [6.07, 6.45) is 1.24. The highest BCUT2D eigenvalue weighted by Gasteiger charge is 2.14. The lowest BCUT2D eigenvalue weighted by Gasteiger charge is -2.10. The number of nitrogens with one attached hydrogen (secondary N) is 1. The average Bonchev–Trinajstić information content (AvgIpc) is 2.64. The van der Waals surface area contributed by atoms with Crippen molar-refractivity contribution in [2.75, 3.05) is 13.7 Å². The van der Waals surface area contributed by atoms with Gasteiger partial charge in [0.1, 0.15) is 17.4 Å². The number of pyridine rings is 1. The summed E-state index contributed by atoms with van der Waals surface area (Å²) in [5.74, 6) is -0.685. The number of aryl methyl sites for hydroxylation is 1. The van der Waals surface area contributed by atoms with Crippen LogP contribution < -0.4 is 10.2 Å². The summed E-state index contributed by atoms with van der Waals surface area (Å²) in [4.78, 5) is 16.1. The second-order valence-corrected chi connectivity index (χ2v) is 6.88. The van der Waals surface area contributed by atoms with Gasteiger partial charge >= 0.3 is 0 Å². The molecule has 0 spiro atoms. The molecule has 2 rings (SSSR count). The number of halogens is 2. The molecule has 0 saturated heterocycles. The topological polar surface area (TPSA) is 117 Å². The van der Waals surface area contributed by atoms with Crippen molar-refractivity contribution in [1.29, 1.82) is 5.26 Å². The van der Waals surface area contributed by atoms with Gasteiger partial charge in [0.05, 0.1) is 17.8 Å². The highest BCUT2D eigenvalue weighted by Crippen LogP contribution is 2.30. The van der Waals surface area contributed by atoms with Crippen LogP contribution in [0.25, 0.3) is 0 Å². The third-order valence-electron chi connectivity index (χ3n) is 3.40. The third kappa shape index (κ3) is 5.66. The lowest BCUT2D eigenvalue weighted by Crippen LogP contribution is -2.25. The first-order chi connectivity index (χ1) is 13.3. The zero-order chi connectivity index (χ0) is 20.7. The molecular formula is C18H16BrClN4O4. The molecule has 1 heterocycles. The van der Waals surface area contributed by atoms with Crippen molar-refractivity contribution >= 4 is 39.7 Å². The molecule has 0 bridgehead atoms. The molecular weight excluding hydrogens is 452 g/mol. The van der Waals surface area contributed by atoms with Crippen molar-refractivity contribution in [2.45, 2.75) is 13.5 Å². The summed E-state index contributed by atoms with van der Waals surface area (Å²) in [6.45, 7) is 1.56. The maximum absolute atomic E-state index is 11.9. The van der Waals surface area contributed by atoms with Crippen LogP contribution in [0, 0.1) is 18.3 Å². The Balaban J connectivity index is 2.03. The van der Waals surface area contributed by atoms with Gasteiger partial charge in [0.25, 0.3) is 5.91 Å². The normalized spacial score (nSPS) is 10.7. The number of carbonyl (C=O) groups is 1. The van der Waals surface area contributed by atoms with Crippen LogP contribution in [-0.2, 0) is 16.1 Å². The van der Waals surface area contributed by atoms with Crippen molar-refractivity contribution in [1.82, 2.24) is 10.4 Å². The second kappa shape index (κ2) is 10.0. The zero-order valence-electron chi connectivity index (χ0n) is 15.0. The zero-order valence-corrected chi connectivity index (χ0v) is 17.3. The highest BCUT2D eigenvalue weighted by atomic mass is 79.9. The van der Waals surface area contributed by atoms with E-state index in [0.717, 1.165) is 0 Å². The number of hydrogen-bond donors (Lipinski definition) is 2. The Labute approximate surface area is 174 Å². The number of amides is 1. The van der Waals surface area contributed by atoms with Gasteiger partial charge in [-0.3, -0.25) is 4.79 Å². The van der Waals surface area contributed by atoms with Crippen LogP contribution in [0.1, 0.15) is 22.4 Å². The van der Waals surface area contributed by atoms with E-state index in [9.17, 15) is 15.2 Å². The average molecular weight is 468 g/mol. The second-order valence-electron chi connectivity index (χ2n) is 5.56. The first-order valence-corrected chi connectivity index (χ1v) is 9.05. The summed E-state index contributed by atoms with van der Waals surface area (Å²) >= 11 is 9.11. The van der Waals surface area contributed by atoms with E-state index in [0.29, 0.717) is 21.3 Å². The Kier molecular flexibility index (Phi) is 7.75. The van der Waals surface area contributed by atoms with Crippen LogP contribution in [0.15, 0.2) is 27.8 Å². The molecule has 0 atom stereocenters. The van der Waals surface area contributed by atoms with Crippen molar-refractivity contribution in [3.8, 4) is 17.7 Å². The molecule has 10 heteroatoms. The summed E-state index contributed by atoms with van der Waals surface area (Å²) in [5, 5.41) is 23.1. The van der Waals surface area contributed by atoms with Crippen LogP contribution in [-0.4, -0.2) is 35.9 Å². The van der Waals surface area contributed by atoms with E-state index >= 15 is 0 Å². The first kappa shape index (κ1) is 21.6. The van der Waals surface area contributed by atoms with Crippen LogP contribution in [0.2, 0.25) is 5.02 Å². The number of nitriles is 1. The van der Waals surface area contributed by atoms with Gasteiger partial charge in [0.2, 0.25) is 5.88 Å². The molecule has 0 saturated carbocycles. The van der Waals surface area contributed by atoms with E-state index in [-0.39, 0.29) is 28.8 Å². The van der Waals surface area contributed by atoms with Gasteiger partial charge in [-0.1, -0.05) is 27.5 Å². The summed E-state index contributed by atoms with van der Waals surface area (Å²) in [7, 11) is 1.51. The molecule has 1 aromatic carbocycles. The van der Waals surface area contributed by atoms with Gasteiger partial charge in [-0.05, 0) is 25.1 Å². The molecule has 2 aromatic rings. The van der Waals surface area contributed by atoms with E-state index in [1.165, 1.54) is 19.4 Å². The molecule has 0 aliphatic heterocycles. The minimum Gasteiger partial charge on any atom is -0.506 e. The smallest absolute Gasteiger partial charge is 0.278 e. The van der Waals surface area contributed by atoms with E-state index in [4.69, 9.17) is 21.1 Å². The third-order valence-corrected chi connectivity index (χ3v) is 4.14. The molecule has 0 aliphatic carbocycles. The highest BCUT2D eigenvalue weighted by molar-refractivity contribution is 9.10. The predicted octanol–water partition coefficient (Wildman–Crippen LogP) is 3.06. The molecule has 0 aliphatic rings.